The second-order valence-electron chi connectivity index (χ2n) is 10.3. The van der Waals surface area contributed by atoms with E-state index in [9.17, 15) is 4.79 Å². The standard InChI is InChI=1S/C28H28Cl2N4O2/c1-28(2,3)36-24-8-5-19(6-9-24)21-12-26-27(31-17-32-34(26)16-21)33-14-18(15-33)10-23(35)11-20-4-7-22(29)13-25(20)30/h4-9,12-13,16-18H,10-11,14-15H2,1-3H3. The van der Waals surface area contributed by atoms with Gasteiger partial charge in [0, 0.05) is 53.7 Å². The lowest BCUT2D eigenvalue weighted by Gasteiger charge is -2.40. The smallest absolute Gasteiger partial charge is 0.156 e. The summed E-state index contributed by atoms with van der Waals surface area (Å²) < 4.78 is 7.79. The zero-order valence-electron chi connectivity index (χ0n) is 20.5. The Kier molecular flexibility index (Phi) is 6.66. The van der Waals surface area contributed by atoms with Crippen LogP contribution in [0.3, 0.4) is 0 Å². The number of halogens is 2. The van der Waals surface area contributed by atoms with E-state index in [0.29, 0.717) is 28.8 Å². The van der Waals surface area contributed by atoms with Crippen molar-refractivity contribution in [2.75, 3.05) is 18.0 Å². The first-order chi connectivity index (χ1) is 17.1. The molecule has 0 amide bonds. The zero-order chi connectivity index (χ0) is 25.4. The Labute approximate surface area is 220 Å². The van der Waals surface area contributed by atoms with Crippen molar-refractivity contribution in [3.8, 4) is 16.9 Å². The number of Topliss-reactive ketones (excluding diaryl/α,β-unsaturated/α-hetero) is 1. The minimum atomic E-state index is -0.237. The maximum absolute atomic E-state index is 12.6. The molecule has 0 unspecified atom stereocenters. The van der Waals surface area contributed by atoms with Gasteiger partial charge in [0.2, 0.25) is 0 Å². The topological polar surface area (TPSA) is 59.7 Å². The number of carbonyl (C=O) groups is 1. The first-order valence-corrected chi connectivity index (χ1v) is 12.7. The van der Waals surface area contributed by atoms with Crippen LogP contribution in [0.4, 0.5) is 5.82 Å². The number of rotatable bonds is 7. The van der Waals surface area contributed by atoms with Crippen molar-refractivity contribution in [3.63, 3.8) is 0 Å². The molecule has 1 fully saturated rings. The van der Waals surface area contributed by atoms with Crippen LogP contribution in [-0.4, -0.2) is 39.1 Å². The summed E-state index contributed by atoms with van der Waals surface area (Å²) in [6, 6.07) is 15.5. The van der Waals surface area contributed by atoms with Gasteiger partial charge in [-0.3, -0.25) is 4.79 Å². The van der Waals surface area contributed by atoms with Gasteiger partial charge in [-0.15, -0.1) is 0 Å². The molecule has 6 nitrogen and oxygen atoms in total. The number of hydrogen-bond acceptors (Lipinski definition) is 5. The van der Waals surface area contributed by atoms with Gasteiger partial charge in [0.15, 0.2) is 5.82 Å². The van der Waals surface area contributed by atoms with Gasteiger partial charge in [-0.2, -0.15) is 5.10 Å². The Morgan fingerprint density at radius 1 is 1.06 bits per heavy atom. The summed E-state index contributed by atoms with van der Waals surface area (Å²) in [6.45, 7) is 7.67. The lowest BCUT2D eigenvalue weighted by Crippen LogP contribution is -2.48. The molecule has 36 heavy (non-hydrogen) atoms. The minimum absolute atomic E-state index is 0.181. The molecule has 8 heteroatoms. The molecular formula is C28H28Cl2N4O2. The van der Waals surface area contributed by atoms with E-state index in [1.807, 2.05) is 49.7 Å². The van der Waals surface area contributed by atoms with Gasteiger partial charge >= 0.3 is 0 Å². The molecule has 2 aromatic heterocycles. The SMILES string of the molecule is CC(C)(C)Oc1ccc(-c2cc3c(N4CC(CC(=O)Cc5ccc(Cl)cc5Cl)C4)ncnn3c2)cc1. The second-order valence-corrected chi connectivity index (χ2v) is 11.2. The molecule has 0 aliphatic carbocycles. The van der Waals surface area contributed by atoms with Crippen LogP contribution in [0.15, 0.2) is 61.1 Å². The summed E-state index contributed by atoms with van der Waals surface area (Å²) in [4.78, 5) is 19.4. The molecule has 0 radical (unpaired) electrons. The number of hydrogen-bond donors (Lipinski definition) is 0. The van der Waals surface area contributed by atoms with Gasteiger partial charge in [0.25, 0.3) is 0 Å². The van der Waals surface area contributed by atoms with E-state index in [-0.39, 0.29) is 11.4 Å². The molecule has 1 saturated heterocycles. The molecule has 1 aliphatic heterocycles. The summed E-state index contributed by atoms with van der Waals surface area (Å²) in [5.74, 6) is 2.20. The summed E-state index contributed by atoms with van der Waals surface area (Å²) in [7, 11) is 0. The van der Waals surface area contributed by atoms with Crippen LogP contribution in [0.25, 0.3) is 16.6 Å². The van der Waals surface area contributed by atoms with Crippen LogP contribution < -0.4 is 9.64 Å². The van der Waals surface area contributed by atoms with E-state index in [1.54, 1.807) is 18.5 Å². The monoisotopic (exact) mass is 522 g/mol. The second kappa shape index (κ2) is 9.75. The molecule has 0 N–H and O–H groups in total. The number of fused-ring (bicyclic) bond motifs is 1. The van der Waals surface area contributed by atoms with Crippen LogP contribution >= 0.6 is 23.2 Å². The average Bonchev–Trinajstić information content (AvgIpc) is 3.22. The first-order valence-electron chi connectivity index (χ1n) is 12.0. The van der Waals surface area contributed by atoms with Gasteiger partial charge in [0.05, 0.1) is 0 Å². The van der Waals surface area contributed by atoms with E-state index in [4.69, 9.17) is 27.9 Å². The Balaban J connectivity index is 1.24. The van der Waals surface area contributed by atoms with E-state index < -0.39 is 0 Å². The van der Waals surface area contributed by atoms with Crippen molar-refractivity contribution in [1.29, 1.82) is 0 Å². The third-order valence-corrected chi connectivity index (χ3v) is 6.76. The van der Waals surface area contributed by atoms with Gasteiger partial charge in [0.1, 0.15) is 29.0 Å². The van der Waals surface area contributed by atoms with Crippen LogP contribution in [0.5, 0.6) is 5.75 Å². The van der Waals surface area contributed by atoms with Crippen molar-refractivity contribution >= 4 is 40.3 Å². The van der Waals surface area contributed by atoms with Crippen LogP contribution in [-0.2, 0) is 11.2 Å². The molecule has 5 rings (SSSR count). The Morgan fingerprint density at radius 2 is 1.81 bits per heavy atom. The van der Waals surface area contributed by atoms with Crippen molar-refractivity contribution < 1.29 is 9.53 Å². The number of carbonyl (C=O) groups excluding carboxylic acids is 1. The quantitative estimate of drug-likeness (QED) is 0.276. The highest BCUT2D eigenvalue weighted by Crippen LogP contribution is 2.32. The summed E-state index contributed by atoms with van der Waals surface area (Å²) in [5.41, 5.74) is 3.67. The zero-order valence-corrected chi connectivity index (χ0v) is 22.1. The number of ketones is 1. The molecule has 0 bridgehead atoms. The number of nitrogens with zero attached hydrogens (tertiary/aromatic N) is 4. The molecule has 0 atom stereocenters. The Morgan fingerprint density at radius 3 is 2.50 bits per heavy atom. The average molecular weight is 523 g/mol. The lowest BCUT2D eigenvalue weighted by atomic mass is 9.92. The van der Waals surface area contributed by atoms with Gasteiger partial charge in [-0.05, 0) is 62.2 Å². The highest BCUT2D eigenvalue weighted by molar-refractivity contribution is 6.35. The van der Waals surface area contributed by atoms with Gasteiger partial charge in [-0.1, -0.05) is 41.4 Å². The minimum Gasteiger partial charge on any atom is -0.488 e. The van der Waals surface area contributed by atoms with Crippen LogP contribution in [0.1, 0.15) is 32.8 Å². The van der Waals surface area contributed by atoms with Gasteiger partial charge < -0.3 is 9.64 Å². The molecule has 4 aromatic rings. The highest BCUT2D eigenvalue weighted by Gasteiger charge is 2.31. The Hall–Kier alpha value is -3.09. The van der Waals surface area contributed by atoms with Crippen LogP contribution in [0.2, 0.25) is 10.0 Å². The fourth-order valence-corrected chi connectivity index (χ4v) is 5.01. The molecular weight excluding hydrogens is 495 g/mol. The fraction of sp³-hybridized carbons (Fsp3) is 0.321. The van der Waals surface area contributed by atoms with Gasteiger partial charge in [-0.25, -0.2) is 9.50 Å². The number of anilines is 1. The van der Waals surface area contributed by atoms with E-state index in [2.05, 4.69) is 33.2 Å². The third-order valence-electron chi connectivity index (χ3n) is 6.17. The molecule has 2 aromatic carbocycles. The first kappa shape index (κ1) is 24.6. The van der Waals surface area contributed by atoms with E-state index in [0.717, 1.165) is 46.9 Å². The maximum atomic E-state index is 12.6. The number of ether oxygens (including phenoxy) is 1. The highest BCUT2D eigenvalue weighted by atomic mass is 35.5. The van der Waals surface area contributed by atoms with E-state index in [1.165, 1.54) is 0 Å². The molecule has 0 spiro atoms. The number of benzene rings is 2. The molecule has 0 saturated carbocycles. The predicted octanol–water partition coefficient (Wildman–Crippen LogP) is 6.52. The van der Waals surface area contributed by atoms with E-state index >= 15 is 0 Å². The molecule has 186 valence electrons. The van der Waals surface area contributed by atoms with Crippen molar-refractivity contribution in [2.45, 2.75) is 39.2 Å². The van der Waals surface area contributed by atoms with Crippen LogP contribution in [0, 0.1) is 5.92 Å². The Bertz CT molecular complexity index is 1400. The molecule has 1 aliphatic rings. The fourth-order valence-electron chi connectivity index (χ4n) is 4.53. The molecule has 3 heterocycles. The largest absolute Gasteiger partial charge is 0.488 e. The summed E-state index contributed by atoms with van der Waals surface area (Å²) in [6.07, 6.45) is 4.43. The summed E-state index contributed by atoms with van der Waals surface area (Å²) in [5, 5.41) is 5.51. The van der Waals surface area contributed by atoms with Crippen molar-refractivity contribution in [1.82, 2.24) is 14.6 Å². The third kappa shape index (κ3) is 5.50. The maximum Gasteiger partial charge on any atom is 0.156 e. The number of aromatic nitrogens is 3. The summed E-state index contributed by atoms with van der Waals surface area (Å²) >= 11 is 12.2. The van der Waals surface area contributed by atoms with Crippen molar-refractivity contribution in [3.05, 3.63) is 76.7 Å². The van der Waals surface area contributed by atoms with Crippen molar-refractivity contribution in [2.24, 2.45) is 5.92 Å². The lowest BCUT2D eigenvalue weighted by molar-refractivity contribution is -0.119. The predicted molar refractivity (Wildman–Crippen MR) is 144 cm³/mol. The normalized spacial score (nSPS) is 14.2.